The van der Waals surface area contributed by atoms with Crippen LogP contribution >= 0.6 is 0 Å². The van der Waals surface area contributed by atoms with Crippen LogP contribution in [0.15, 0.2) is 24.3 Å². The normalized spacial score (nSPS) is 14.6. The standard InChI is InChI=1S/C15H16O6/c1-20-12-3-2-4-13(21-8-9-5-6-9)14(12)10(16)7-11(17)15(18)19/h2-4,7,9,16H,5-6,8H2,1H3,(H,18,19)/b10-7-. The summed E-state index contributed by atoms with van der Waals surface area (Å²) >= 11 is 0. The SMILES string of the molecule is COc1cccc(OCC2CC2)c1/C(O)=C/C(=O)C(=O)O. The molecule has 0 aliphatic heterocycles. The fraction of sp³-hybridized carbons (Fsp3) is 0.333. The lowest BCUT2D eigenvalue weighted by Gasteiger charge is -2.14. The Morgan fingerprint density at radius 3 is 2.52 bits per heavy atom. The van der Waals surface area contributed by atoms with Crippen molar-refractivity contribution in [2.45, 2.75) is 12.8 Å². The smallest absolute Gasteiger partial charge is 0.376 e. The minimum absolute atomic E-state index is 0.176. The molecule has 0 aromatic heterocycles. The molecular formula is C15H16O6. The number of ketones is 1. The molecule has 0 unspecified atom stereocenters. The Balaban J connectivity index is 2.33. The van der Waals surface area contributed by atoms with Gasteiger partial charge in [-0.15, -0.1) is 0 Å². The van der Waals surface area contributed by atoms with E-state index < -0.39 is 17.5 Å². The topological polar surface area (TPSA) is 93.1 Å². The Morgan fingerprint density at radius 2 is 1.95 bits per heavy atom. The van der Waals surface area contributed by atoms with Crippen LogP contribution in [0.25, 0.3) is 5.76 Å². The third kappa shape index (κ3) is 3.75. The van der Waals surface area contributed by atoms with E-state index >= 15 is 0 Å². The lowest BCUT2D eigenvalue weighted by molar-refractivity contribution is -0.146. The molecule has 0 radical (unpaired) electrons. The van der Waals surface area contributed by atoms with Gasteiger partial charge in [0.2, 0.25) is 0 Å². The van der Waals surface area contributed by atoms with E-state index in [1.165, 1.54) is 7.11 Å². The maximum atomic E-state index is 11.2. The summed E-state index contributed by atoms with van der Waals surface area (Å²) < 4.78 is 10.8. The molecule has 112 valence electrons. The molecule has 6 heteroatoms. The Hall–Kier alpha value is -2.50. The number of aliphatic hydroxyl groups is 1. The van der Waals surface area contributed by atoms with E-state index in [4.69, 9.17) is 14.6 Å². The van der Waals surface area contributed by atoms with Crippen LogP contribution < -0.4 is 9.47 Å². The van der Waals surface area contributed by atoms with Crippen LogP contribution in [-0.4, -0.2) is 35.7 Å². The predicted molar refractivity (Wildman–Crippen MR) is 74.5 cm³/mol. The number of carboxylic acids is 1. The van der Waals surface area contributed by atoms with Crippen LogP contribution in [0.1, 0.15) is 18.4 Å². The van der Waals surface area contributed by atoms with Gasteiger partial charge in [0.25, 0.3) is 5.78 Å². The number of hydrogen-bond donors (Lipinski definition) is 2. The van der Waals surface area contributed by atoms with Crippen molar-refractivity contribution in [3.05, 3.63) is 29.8 Å². The highest BCUT2D eigenvalue weighted by Gasteiger charge is 2.24. The summed E-state index contributed by atoms with van der Waals surface area (Å²) in [6.45, 7) is 0.514. The number of carbonyl (C=O) groups is 2. The lowest BCUT2D eigenvalue weighted by atomic mass is 10.1. The van der Waals surface area contributed by atoms with Crippen molar-refractivity contribution in [3.63, 3.8) is 0 Å². The molecular weight excluding hydrogens is 276 g/mol. The molecule has 0 atom stereocenters. The number of ether oxygens (including phenoxy) is 2. The van der Waals surface area contributed by atoms with Crippen LogP contribution in [0.2, 0.25) is 0 Å². The van der Waals surface area contributed by atoms with Gasteiger partial charge in [0.1, 0.15) is 22.8 Å². The zero-order valence-electron chi connectivity index (χ0n) is 11.5. The molecule has 1 saturated carbocycles. The second-order valence-corrected chi connectivity index (χ2v) is 4.79. The Bertz CT molecular complexity index is 586. The summed E-state index contributed by atoms with van der Waals surface area (Å²) in [4.78, 5) is 21.8. The van der Waals surface area contributed by atoms with Crippen LogP contribution in [0.3, 0.4) is 0 Å². The molecule has 1 aromatic carbocycles. The average Bonchev–Trinajstić information content (AvgIpc) is 3.28. The van der Waals surface area contributed by atoms with E-state index in [9.17, 15) is 14.7 Å². The van der Waals surface area contributed by atoms with E-state index in [0.29, 0.717) is 30.1 Å². The second kappa shape index (κ2) is 6.30. The molecule has 2 rings (SSSR count). The molecule has 0 amide bonds. The third-order valence-electron chi connectivity index (χ3n) is 3.11. The third-order valence-corrected chi connectivity index (χ3v) is 3.11. The predicted octanol–water partition coefficient (Wildman–Crippen LogP) is 2.04. The highest BCUT2D eigenvalue weighted by Crippen LogP contribution is 2.36. The molecule has 1 aliphatic carbocycles. The first-order valence-corrected chi connectivity index (χ1v) is 6.51. The summed E-state index contributed by atoms with van der Waals surface area (Å²) in [6, 6.07) is 4.92. The summed E-state index contributed by atoms with van der Waals surface area (Å²) in [6.07, 6.45) is 2.86. The number of rotatable bonds is 7. The first-order valence-electron chi connectivity index (χ1n) is 6.51. The number of carboxylic acid groups (broad SMARTS) is 1. The van der Waals surface area contributed by atoms with Gasteiger partial charge in [-0.3, -0.25) is 4.79 Å². The van der Waals surface area contributed by atoms with Crippen molar-refractivity contribution in [2.24, 2.45) is 5.92 Å². The van der Waals surface area contributed by atoms with E-state index in [1.54, 1.807) is 18.2 Å². The van der Waals surface area contributed by atoms with Gasteiger partial charge in [0.05, 0.1) is 13.7 Å². The average molecular weight is 292 g/mol. The number of benzene rings is 1. The van der Waals surface area contributed by atoms with Crippen LogP contribution in [0.4, 0.5) is 0 Å². The summed E-state index contributed by atoms with van der Waals surface area (Å²) in [5.41, 5.74) is 0.176. The van der Waals surface area contributed by atoms with Crippen molar-refractivity contribution in [2.75, 3.05) is 13.7 Å². The van der Waals surface area contributed by atoms with Gasteiger partial charge in [0, 0.05) is 6.08 Å². The zero-order valence-corrected chi connectivity index (χ0v) is 11.5. The van der Waals surface area contributed by atoms with Gasteiger partial charge in [0.15, 0.2) is 0 Å². The number of methoxy groups -OCH3 is 1. The minimum atomic E-state index is -1.64. The summed E-state index contributed by atoms with van der Waals surface area (Å²) in [5, 5.41) is 18.6. The molecule has 1 fully saturated rings. The quantitative estimate of drug-likeness (QED) is 0.454. The highest BCUT2D eigenvalue weighted by molar-refractivity contribution is 6.38. The van der Waals surface area contributed by atoms with Crippen molar-refractivity contribution >= 4 is 17.5 Å². The number of aliphatic hydroxyl groups excluding tert-OH is 1. The van der Waals surface area contributed by atoms with Gasteiger partial charge < -0.3 is 19.7 Å². The molecule has 6 nitrogen and oxygen atoms in total. The first-order chi connectivity index (χ1) is 10.0. The summed E-state index contributed by atoms with van der Waals surface area (Å²) in [7, 11) is 1.41. The maximum absolute atomic E-state index is 11.2. The number of aliphatic carboxylic acids is 1. The molecule has 2 N–H and O–H groups in total. The van der Waals surface area contributed by atoms with Gasteiger partial charge in [-0.05, 0) is 30.9 Å². The molecule has 0 heterocycles. The van der Waals surface area contributed by atoms with Crippen molar-refractivity contribution < 1.29 is 29.3 Å². The molecule has 21 heavy (non-hydrogen) atoms. The molecule has 0 saturated heterocycles. The highest BCUT2D eigenvalue weighted by atomic mass is 16.5. The lowest BCUT2D eigenvalue weighted by Crippen LogP contribution is -2.10. The monoisotopic (exact) mass is 292 g/mol. The largest absolute Gasteiger partial charge is 0.507 e. The van der Waals surface area contributed by atoms with Crippen LogP contribution in [0.5, 0.6) is 11.5 Å². The van der Waals surface area contributed by atoms with E-state index in [0.717, 1.165) is 12.8 Å². The van der Waals surface area contributed by atoms with Crippen molar-refractivity contribution in [1.82, 2.24) is 0 Å². The van der Waals surface area contributed by atoms with Gasteiger partial charge in [-0.25, -0.2) is 4.79 Å². The van der Waals surface area contributed by atoms with E-state index in [1.807, 2.05) is 0 Å². The Morgan fingerprint density at radius 1 is 1.29 bits per heavy atom. The first kappa shape index (κ1) is 14.9. The van der Waals surface area contributed by atoms with E-state index in [2.05, 4.69) is 0 Å². The van der Waals surface area contributed by atoms with Crippen LogP contribution in [0, 0.1) is 5.92 Å². The molecule has 0 bridgehead atoms. The van der Waals surface area contributed by atoms with Gasteiger partial charge in [-0.2, -0.15) is 0 Å². The Labute approximate surface area is 121 Å². The van der Waals surface area contributed by atoms with Crippen molar-refractivity contribution in [3.8, 4) is 11.5 Å². The summed E-state index contributed by atoms with van der Waals surface area (Å²) in [5.74, 6) is -2.19. The van der Waals surface area contributed by atoms with Crippen LogP contribution in [-0.2, 0) is 9.59 Å². The fourth-order valence-corrected chi connectivity index (χ4v) is 1.80. The molecule has 0 spiro atoms. The number of hydrogen-bond acceptors (Lipinski definition) is 5. The molecule has 1 aromatic rings. The fourth-order valence-electron chi connectivity index (χ4n) is 1.80. The van der Waals surface area contributed by atoms with Crippen molar-refractivity contribution in [1.29, 1.82) is 0 Å². The number of carbonyl (C=O) groups excluding carboxylic acids is 1. The minimum Gasteiger partial charge on any atom is -0.507 e. The van der Waals surface area contributed by atoms with Gasteiger partial charge >= 0.3 is 5.97 Å². The Kier molecular flexibility index (Phi) is 4.47. The van der Waals surface area contributed by atoms with Gasteiger partial charge in [-0.1, -0.05) is 6.07 Å². The zero-order chi connectivity index (χ0) is 15.4. The molecule has 1 aliphatic rings. The maximum Gasteiger partial charge on any atom is 0.376 e. The second-order valence-electron chi connectivity index (χ2n) is 4.79. The van der Waals surface area contributed by atoms with E-state index in [-0.39, 0.29) is 5.56 Å².